The van der Waals surface area contributed by atoms with E-state index in [0.717, 1.165) is 24.5 Å². The summed E-state index contributed by atoms with van der Waals surface area (Å²) in [5.41, 5.74) is 2.40. The fourth-order valence-corrected chi connectivity index (χ4v) is 3.15. The van der Waals surface area contributed by atoms with Gasteiger partial charge in [-0.2, -0.15) is 0 Å². The Labute approximate surface area is 143 Å². The molecule has 2 aromatic rings. The number of benzene rings is 2. The number of carbonyl (C=O) groups excluding carboxylic acids is 1. The van der Waals surface area contributed by atoms with E-state index in [1.807, 2.05) is 42.5 Å². The maximum atomic E-state index is 12.4. The maximum absolute atomic E-state index is 12.4. The van der Waals surface area contributed by atoms with E-state index in [9.17, 15) is 9.90 Å². The largest absolute Gasteiger partial charge is 0.378 e. The second-order valence-electron chi connectivity index (χ2n) is 6.22. The van der Waals surface area contributed by atoms with Gasteiger partial charge < -0.3 is 15.3 Å². The van der Waals surface area contributed by atoms with Crippen LogP contribution >= 0.6 is 0 Å². The molecule has 0 aliphatic carbocycles. The molecule has 4 nitrogen and oxygen atoms in total. The van der Waals surface area contributed by atoms with Gasteiger partial charge in [-0.05, 0) is 30.5 Å². The molecule has 2 N–H and O–H groups in total. The molecule has 1 heterocycles. The first-order valence-electron chi connectivity index (χ1n) is 8.63. The number of rotatable bonds is 4. The van der Waals surface area contributed by atoms with Gasteiger partial charge in [-0.15, -0.1) is 0 Å². The minimum atomic E-state index is -1.16. The Hall–Kier alpha value is -2.33. The van der Waals surface area contributed by atoms with Gasteiger partial charge in [0.1, 0.15) is 0 Å². The topological polar surface area (TPSA) is 52.6 Å². The van der Waals surface area contributed by atoms with Crippen LogP contribution in [-0.4, -0.2) is 24.1 Å². The van der Waals surface area contributed by atoms with Crippen LogP contribution in [-0.2, 0) is 4.79 Å². The van der Waals surface area contributed by atoms with Gasteiger partial charge in [-0.3, -0.25) is 4.79 Å². The van der Waals surface area contributed by atoms with Crippen LogP contribution < -0.4 is 10.2 Å². The van der Waals surface area contributed by atoms with Crippen molar-refractivity contribution >= 4 is 17.3 Å². The van der Waals surface area contributed by atoms with Gasteiger partial charge in [-0.1, -0.05) is 55.3 Å². The van der Waals surface area contributed by atoms with Gasteiger partial charge in [0.2, 0.25) is 0 Å². The van der Waals surface area contributed by atoms with E-state index in [4.69, 9.17) is 0 Å². The Bertz CT molecular complexity index is 664. The number of nitrogens with one attached hydrogen (secondary N) is 1. The summed E-state index contributed by atoms with van der Waals surface area (Å²) in [5, 5.41) is 13.2. The van der Waals surface area contributed by atoms with Crippen LogP contribution in [0.25, 0.3) is 0 Å². The lowest BCUT2D eigenvalue weighted by atomic mass is 10.1. The molecule has 1 fully saturated rings. The van der Waals surface area contributed by atoms with Crippen molar-refractivity contribution in [3.05, 3.63) is 60.2 Å². The maximum Gasteiger partial charge on any atom is 0.257 e. The van der Waals surface area contributed by atoms with E-state index in [-0.39, 0.29) is 0 Å². The smallest absolute Gasteiger partial charge is 0.257 e. The van der Waals surface area contributed by atoms with Crippen LogP contribution in [0.3, 0.4) is 0 Å². The minimum Gasteiger partial charge on any atom is -0.378 e. The molecule has 24 heavy (non-hydrogen) atoms. The normalized spacial score (nSPS) is 16.3. The number of carbonyl (C=O) groups is 1. The van der Waals surface area contributed by atoms with Gasteiger partial charge in [0, 0.05) is 13.1 Å². The third-order valence-corrected chi connectivity index (χ3v) is 4.47. The molecule has 0 aromatic heterocycles. The predicted molar refractivity (Wildman–Crippen MR) is 97.2 cm³/mol. The van der Waals surface area contributed by atoms with Crippen LogP contribution in [0.4, 0.5) is 11.4 Å². The Morgan fingerprint density at radius 1 is 0.917 bits per heavy atom. The molecule has 1 amide bonds. The van der Waals surface area contributed by atoms with Crippen LogP contribution in [0.1, 0.15) is 37.4 Å². The van der Waals surface area contributed by atoms with E-state index < -0.39 is 12.0 Å². The zero-order chi connectivity index (χ0) is 16.8. The summed E-state index contributed by atoms with van der Waals surface area (Å²) in [7, 11) is 0. The molecule has 1 saturated heterocycles. The van der Waals surface area contributed by atoms with Gasteiger partial charge in [0.15, 0.2) is 6.10 Å². The molecule has 0 saturated carbocycles. The van der Waals surface area contributed by atoms with Crippen molar-refractivity contribution in [1.29, 1.82) is 0 Å². The third kappa shape index (κ3) is 3.95. The Balaban J connectivity index is 1.76. The van der Waals surface area contributed by atoms with Crippen LogP contribution in [0.5, 0.6) is 0 Å². The highest BCUT2D eigenvalue weighted by molar-refractivity contribution is 5.97. The first-order valence-corrected chi connectivity index (χ1v) is 8.63. The summed E-state index contributed by atoms with van der Waals surface area (Å²) in [6.07, 6.45) is 3.71. The molecule has 126 valence electrons. The molecule has 0 spiro atoms. The van der Waals surface area contributed by atoms with Crippen molar-refractivity contribution in [3.8, 4) is 0 Å². The third-order valence-electron chi connectivity index (χ3n) is 4.47. The van der Waals surface area contributed by atoms with Crippen molar-refractivity contribution in [2.75, 3.05) is 23.3 Å². The first-order chi connectivity index (χ1) is 11.8. The number of aliphatic hydroxyl groups is 1. The highest BCUT2D eigenvalue weighted by Gasteiger charge is 2.20. The van der Waals surface area contributed by atoms with Gasteiger partial charge in [0.05, 0.1) is 11.4 Å². The molecule has 4 heteroatoms. The average molecular weight is 324 g/mol. The zero-order valence-electron chi connectivity index (χ0n) is 13.8. The number of amides is 1. The Morgan fingerprint density at radius 2 is 1.54 bits per heavy atom. The zero-order valence-corrected chi connectivity index (χ0v) is 13.8. The lowest BCUT2D eigenvalue weighted by Gasteiger charge is -2.25. The average Bonchev–Trinajstić information content (AvgIpc) is 2.91. The number of hydrogen-bond acceptors (Lipinski definition) is 3. The number of nitrogens with zero attached hydrogens (tertiary/aromatic N) is 1. The van der Waals surface area contributed by atoms with Crippen LogP contribution in [0.2, 0.25) is 0 Å². The molecular formula is C20H24N2O2. The van der Waals surface area contributed by atoms with Crippen molar-refractivity contribution < 1.29 is 9.90 Å². The van der Waals surface area contributed by atoms with Crippen molar-refractivity contribution in [3.63, 3.8) is 0 Å². The predicted octanol–water partition coefficient (Wildman–Crippen LogP) is 3.74. The highest BCUT2D eigenvalue weighted by atomic mass is 16.3. The summed E-state index contributed by atoms with van der Waals surface area (Å²) in [4.78, 5) is 14.8. The van der Waals surface area contributed by atoms with Crippen molar-refractivity contribution in [1.82, 2.24) is 0 Å². The molecule has 2 aromatic carbocycles. The summed E-state index contributed by atoms with van der Waals surface area (Å²) >= 11 is 0. The fraction of sp³-hybridized carbons (Fsp3) is 0.350. The molecule has 0 radical (unpaired) electrons. The fourth-order valence-electron chi connectivity index (χ4n) is 3.15. The second kappa shape index (κ2) is 7.97. The lowest BCUT2D eigenvalue weighted by Crippen LogP contribution is -2.27. The summed E-state index contributed by atoms with van der Waals surface area (Å²) in [6, 6.07) is 16.8. The SMILES string of the molecule is O=C(Nc1ccccc1N1CCCCCC1)C(O)c1ccccc1. The van der Waals surface area contributed by atoms with E-state index in [1.165, 1.54) is 25.7 Å². The number of aliphatic hydroxyl groups excluding tert-OH is 1. The molecule has 1 unspecified atom stereocenters. The van der Waals surface area contributed by atoms with Crippen LogP contribution in [0, 0.1) is 0 Å². The molecule has 0 bridgehead atoms. The van der Waals surface area contributed by atoms with Gasteiger partial charge >= 0.3 is 0 Å². The standard InChI is InChI=1S/C20H24N2O2/c23-19(16-10-4-3-5-11-16)20(24)21-17-12-6-7-13-18(17)22-14-8-1-2-9-15-22/h3-7,10-13,19,23H,1-2,8-9,14-15H2,(H,21,24). The van der Waals surface area contributed by atoms with Crippen molar-refractivity contribution in [2.45, 2.75) is 31.8 Å². The van der Waals surface area contributed by atoms with Crippen LogP contribution in [0.15, 0.2) is 54.6 Å². The monoisotopic (exact) mass is 324 g/mol. The number of para-hydroxylation sites is 2. The van der Waals surface area contributed by atoms with E-state index in [1.54, 1.807) is 12.1 Å². The van der Waals surface area contributed by atoms with Crippen molar-refractivity contribution in [2.24, 2.45) is 0 Å². The molecule has 1 aliphatic heterocycles. The first kappa shape index (κ1) is 16.5. The summed E-state index contributed by atoms with van der Waals surface area (Å²) < 4.78 is 0. The van der Waals surface area contributed by atoms with E-state index >= 15 is 0 Å². The molecule has 1 atom stereocenters. The quantitative estimate of drug-likeness (QED) is 0.901. The Morgan fingerprint density at radius 3 is 2.25 bits per heavy atom. The lowest BCUT2D eigenvalue weighted by molar-refractivity contribution is -0.124. The molecular weight excluding hydrogens is 300 g/mol. The molecule has 1 aliphatic rings. The molecule has 3 rings (SSSR count). The highest BCUT2D eigenvalue weighted by Crippen LogP contribution is 2.28. The second-order valence-corrected chi connectivity index (χ2v) is 6.22. The van der Waals surface area contributed by atoms with Gasteiger partial charge in [-0.25, -0.2) is 0 Å². The Kier molecular flexibility index (Phi) is 5.49. The summed E-state index contributed by atoms with van der Waals surface area (Å²) in [6.45, 7) is 2.02. The minimum absolute atomic E-state index is 0.400. The number of anilines is 2. The van der Waals surface area contributed by atoms with E-state index in [2.05, 4.69) is 10.2 Å². The van der Waals surface area contributed by atoms with E-state index in [0.29, 0.717) is 5.56 Å². The number of hydrogen-bond donors (Lipinski definition) is 2. The van der Waals surface area contributed by atoms with Gasteiger partial charge in [0.25, 0.3) is 5.91 Å². The summed E-state index contributed by atoms with van der Waals surface area (Å²) in [5.74, 6) is -0.400.